The first kappa shape index (κ1) is 20.4. The molecule has 0 saturated heterocycles. The van der Waals surface area contributed by atoms with Gasteiger partial charge in [0.15, 0.2) is 0 Å². The van der Waals surface area contributed by atoms with Crippen molar-refractivity contribution in [2.24, 2.45) is 0 Å². The van der Waals surface area contributed by atoms with E-state index in [1.165, 1.54) is 0 Å². The van der Waals surface area contributed by atoms with Crippen molar-refractivity contribution in [1.82, 2.24) is 0 Å². The number of anilines is 2. The van der Waals surface area contributed by atoms with Gasteiger partial charge in [0.25, 0.3) is 0 Å². The average Bonchev–Trinajstić information content (AvgIpc) is 2.70. The SMILES string of the molecule is CCOCCOc1ccc(NCC(=O)Nc2cc(OC)ccc2OC)cc1. The molecule has 2 rings (SSSR count). The zero-order valence-electron chi connectivity index (χ0n) is 15.9. The molecule has 7 heteroatoms. The second-order valence-corrected chi connectivity index (χ2v) is 5.54. The number of methoxy groups -OCH3 is 2. The van der Waals surface area contributed by atoms with E-state index in [2.05, 4.69) is 10.6 Å². The lowest BCUT2D eigenvalue weighted by atomic mass is 10.2. The number of amides is 1. The molecule has 0 aliphatic rings. The van der Waals surface area contributed by atoms with Crippen LogP contribution in [0.4, 0.5) is 11.4 Å². The largest absolute Gasteiger partial charge is 0.497 e. The van der Waals surface area contributed by atoms with Crippen LogP contribution < -0.4 is 24.8 Å². The zero-order valence-corrected chi connectivity index (χ0v) is 15.9. The van der Waals surface area contributed by atoms with Crippen molar-refractivity contribution in [3.05, 3.63) is 42.5 Å². The first-order chi connectivity index (χ1) is 13.2. The molecule has 0 radical (unpaired) electrons. The average molecular weight is 374 g/mol. The summed E-state index contributed by atoms with van der Waals surface area (Å²) < 4.78 is 21.2. The van der Waals surface area contributed by atoms with Crippen LogP contribution >= 0.6 is 0 Å². The van der Waals surface area contributed by atoms with Gasteiger partial charge in [-0.25, -0.2) is 0 Å². The Balaban J connectivity index is 1.83. The molecule has 0 aromatic heterocycles. The molecule has 27 heavy (non-hydrogen) atoms. The normalized spacial score (nSPS) is 10.2. The van der Waals surface area contributed by atoms with Gasteiger partial charge in [-0.2, -0.15) is 0 Å². The highest BCUT2D eigenvalue weighted by Gasteiger charge is 2.09. The molecule has 0 aliphatic carbocycles. The van der Waals surface area contributed by atoms with E-state index in [-0.39, 0.29) is 12.5 Å². The van der Waals surface area contributed by atoms with Crippen LogP contribution in [-0.4, -0.2) is 46.5 Å². The Hall–Kier alpha value is -2.93. The fourth-order valence-corrected chi connectivity index (χ4v) is 2.32. The highest BCUT2D eigenvalue weighted by Crippen LogP contribution is 2.28. The molecule has 2 N–H and O–H groups in total. The molecule has 2 aromatic rings. The van der Waals surface area contributed by atoms with Gasteiger partial charge in [0.1, 0.15) is 23.9 Å². The zero-order chi connectivity index (χ0) is 19.5. The molecule has 0 unspecified atom stereocenters. The molecular weight excluding hydrogens is 348 g/mol. The van der Waals surface area contributed by atoms with Crippen LogP contribution in [0.25, 0.3) is 0 Å². The summed E-state index contributed by atoms with van der Waals surface area (Å²) in [5.74, 6) is 1.76. The first-order valence-corrected chi connectivity index (χ1v) is 8.72. The third-order valence-electron chi connectivity index (χ3n) is 3.69. The highest BCUT2D eigenvalue weighted by atomic mass is 16.5. The van der Waals surface area contributed by atoms with Crippen LogP contribution in [0.5, 0.6) is 17.2 Å². The Labute approximate surface area is 159 Å². The summed E-state index contributed by atoms with van der Waals surface area (Å²) in [5, 5.41) is 5.88. The van der Waals surface area contributed by atoms with E-state index in [1.54, 1.807) is 32.4 Å². The van der Waals surface area contributed by atoms with E-state index < -0.39 is 0 Å². The molecule has 7 nitrogen and oxygen atoms in total. The van der Waals surface area contributed by atoms with Crippen molar-refractivity contribution in [2.75, 3.05) is 51.2 Å². The second kappa shape index (κ2) is 10.9. The van der Waals surface area contributed by atoms with E-state index >= 15 is 0 Å². The number of hydrogen-bond donors (Lipinski definition) is 2. The van der Waals surface area contributed by atoms with E-state index in [4.69, 9.17) is 18.9 Å². The number of nitrogens with one attached hydrogen (secondary N) is 2. The standard InChI is InChI=1S/C20H26N2O5/c1-4-26-11-12-27-16-7-5-15(6-8-16)21-14-20(23)22-18-13-17(24-2)9-10-19(18)25-3/h5-10,13,21H,4,11-12,14H2,1-3H3,(H,22,23). The van der Waals surface area contributed by atoms with Crippen molar-refractivity contribution in [1.29, 1.82) is 0 Å². The predicted octanol–water partition coefficient (Wildman–Crippen LogP) is 3.17. The Bertz CT molecular complexity index is 719. The summed E-state index contributed by atoms with van der Waals surface area (Å²) in [6.45, 7) is 3.80. The van der Waals surface area contributed by atoms with Crippen LogP contribution in [0.2, 0.25) is 0 Å². The van der Waals surface area contributed by atoms with Gasteiger partial charge in [-0.05, 0) is 43.3 Å². The Morgan fingerprint density at radius 3 is 2.37 bits per heavy atom. The molecule has 0 heterocycles. The number of carbonyl (C=O) groups is 1. The summed E-state index contributed by atoms with van der Waals surface area (Å²) in [6, 6.07) is 12.6. The number of rotatable bonds is 11. The lowest BCUT2D eigenvalue weighted by Crippen LogP contribution is -2.22. The molecule has 0 saturated carbocycles. The number of benzene rings is 2. The predicted molar refractivity (Wildman–Crippen MR) is 105 cm³/mol. The van der Waals surface area contributed by atoms with E-state index in [1.807, 2.05) is 31.2 Å². The molecule has 2 aromatic carbocycles. The van der Waals surface area contributed by atoms with Gasteiger partial charge < -0.3 is 29.6 Å². The third kappa shape index (κ3) is 6.71. The summed E-state index contributed by atoms with van der Waals surface area (Å²) in [7, 11) is 3.12. The molecule has 0 bridgehead atoms. The van der Waals surface area contributed by atoms with Gasteiger partial charge in [-0.3, -0.25) is 4.79 Å². The van der Waals surface area contributed by atoms with Crippen molar-refractivity contribution in [3.8, 4) is 17.2 Å². The van der Waals surface area contributed by atoms with Crippen LogP contribution in [0.3, 0.4) is 0 Å². The van der Waals surface area contributed by atoms with Crippen molar-refractivity contribution < 1.29 is 23.7 Å². The topological polar surface area (TPSA) is 78.1 Å². The van der Waals surface area contributed by atoms with Gasteiger partial charge in [0, 0.05) is 18.4 Å². The lowest BCUT2D eigenvalue weighted by molar-refractivity contribution is -0.114. The van der Waals surface area contributed by atoms with Gasteiger partial charge in [-0.1, -0.05) is 0 Å². The molecule has 146 valence electrons. The Kier molecular flexibility index (Phi) is 8.25. The van der Waals surface area contributed by atoms with Crippen LogP contribution in [0.1, 0.15) is 6.92 Å². The van der Waals surface area contributed by atoms with E-state index in [9.17, 15) is 4.79 Å². The monoisotopic (exact) mass is 374 g/mol. The third-order valence-corrected chi connectivity index (χ3v) is 3.69. The van der Waals surface area contributed by atoms with Gasteiger partial charge in [0.2, 0.25) is 5.91 Å². The molecule has 0 aliphatic heterocycles. The second-order valence-electron chi connectivity index (χ2n) is 5.54. The maximum Gasteiger partial charge on any atom is 0.243 e. The Morgan fingerprint density at radius 2 is 1.70 bits per heavy atom. The maximum absolute atomic E-state index is 12.2. The van der Waals surface area contributed by atoms with Gasteiger partial charge in [-0.15, -0.1) is 0 Å². The summed E-state index contributed by atoms with van der Waals surface area (Å²) in [5.41, 5.74) is 1.38. The maximum atomic E-state index is 12.2. The minimum atomic E-state index is -0.196. The Morgan fingerprint density at radius 1 is 0.963 bits per heavy atom. The van der Waals surface area contributed by atoms with Crippen molar-refractivity contribution in [2.45, 2.75) is 6.92 Å². The molecule has 1 amide bonds. The lowest BCUT2D eigenvalue weighted by Gasteiger charge is -2.13. The number of hydrogen-bond acceptors (Lipinski definition) is 6. The van der Waals surface area contributed by atoms with Crippen molar-refractivity contribution >= 4 is 17.3 Å². The van der Waals surface area contributed by atoms with Crippen LogP contribution in [0, 0.1) is 0 Å². The van der Waals surface area contributed by atoms with Crippen LogP contribution in [-0.2, 0) is 9.53 Å². The molecule has 0 fully saturated rings. The summed E-state index contributed by atoms with van der Waals surface area (Å²) in [6.07, 6.45) is 0. The fourth-order valence-electron chi connectivity index (χ4n) is 2.32. The molecular formula is C20H26N2O5. The van der Waals surface area contributed by atoms with Gasteiger partial charge in [0.05, 0.1) is 33.1 Å². The number of carbonyl (C=O) groups excluding carboxylic acids is 1. The molecule has 0 spiro atoms. The minimum Gasteiger partial charge on any atom is -0.497 e. The highest BCUT2D eigenvalue weighted by molar-refractivity contribution is 5.95. The summed E-state index contributed by atoms with van der Waals surface area (Å²) in [4.78, 5) is 12.2. The first-order valence-electron chi connectivity index (χ1n) is 8.72. The quantitative estimate of drug-likeness (QED) is 0.588. The molecule has 0 atom stereocenters. The fraction of sp³-hybridized carbons (Fsp3) is 0.350. The van der Waals surface area contributed by atoms with Crippen molar-refractivity contribution in [3.63, 3.8) is 0 Å². The summed E-state index contributed by atoms with van der Waals surface area (Å²) >= 11 is 0. The van der Waals surface area contributed by atoms with Gasteiger partial charge >= 0.3 is 0 Å². The van der Waals surface area contributed by atoms with E-state index in [0.29, 0.717) is 37.0 Å². The van der Waals surface area contributed by atoms with E-state index in [0.717, 1.165) is 11.4 Å². The smallest absolute Gasteiger partial charge is 0.243 e. The van der Waals surface area contributed by atoms with Crippen LogP contribution in [0.15, 0.2) is 42.5 Å². The number of ether oxygens (including phenoxy) is 4. The minimum absolute atomic E-state index is 0.116.